The standard InChI is InChI=1S/C31H30F3N3O3/c1-2-3-10-20-13-9-16-23-22-14-7-8-15-24(22)27(26(20)23)30(40)37(19-31(32,33)34)36-18-17-25(29(36)39)35-28(38)21-11-5-4-6-12-21/h4-9,11-16,25,27H,2-3,10,17-19H2,1H3,(H,35,38). The van der Waals surface area contributed by atoms with Crippen molar-refractivity contribution >= 4 is 17.7 Å². The predicted octanol–water partition coefficient (Wildman–Crippen LogP) is 5.48. The van der Waals surface area contributed by atoms with Crippen LogP contribution in [0.1, 0.15) is 59.2 Å². The number of hydrogen-bond donors (Lipinski definition) is 1. The van der Waals surface area contributed by atoms with Crippen molar-refractivity contribution in [2.45, 2.75) is 50.7 Å². The molecule has 0 bridgehead atoms. The van der Waals surface area contributed by atoms with E-state index in [1.165, 1.54) is 0 Å². The third-order valence-electron chi connectivity index (χ3n) is 7.49. The SMILES string of the molecule is CCCCc1cccc2c1C(C(=O)N(CC(F)(F)F)N1CCC(NC(=O)c3ccccc3)C1=O)c1ccccc1-2. The Morgan fingerprint density at radius 3 is 2.40 bits per heavy atom. The van der Waals surface area contributed by atoms with Crippen LogP contribution in [0.3, 0.4) is 0 Å². The molecule has 1 aliphatic carbocycles. The van der Waals surface area contributed by atoms with E-state index in [9.17, 15) is 27.6 Å². The quantitative estimate of drug-likeness (QED) is 0.405. The van der Waals surface area contributed by atoms with E-state index in [0.29, 0.717) is 28.1 Å². The first-order valence-corrected chi connectivity index (χ1v) is 13.5. The molecular weight excluding hydrogens is 519 g/mol. The van der Waals surface area contributed by atoms with Crippen LogP contribution in [0.2, 0.25) is 0 Å². The number of nitrogens with one attached hydrogen (secondary N) is 1. The Balaban J connectivity index is 1.48. The molecular formula is C31H30F3N3O3. The summed E-state index contributed by atoms with van der Waals surface area (Å²) in [6.07, 6.45) is -2.18. The molecule has 1 heterocycles. The van der Waals surface area contributed by atoms with Crippen LogP contribution in [-0.2, 0) is 16.0 Å². The molecule has 0 saturated carbocycles. The number of hydrogen-bond acceptors (Lipinski definition) is 3. The Kier molecular flexibility index (Phi) is 7.65. The van der Waals surface area contributed by atoms with Crippen LogP contribution in [0.15, 0.2) is 72.8 Å². The normalized spacial score (nSPS) is 17.9. The van der Waals surface area contributed by atoms with Crippen LogP contribution in [0.5, 0.6) is 0 Å². The molecule has 40 heavy (non-hydrogen) atoms. The summed E-state index contributed by atoms with van der Waals surface area (Å²) in [5, 5.41) is 4.02. The third kappa shape index (κ3) is 5.33. The molecule has 9 heteroatoms. The van der Waals surface area contributed by atoms with E-state index >= 15 is 0 Å². The number of rotatable bonds is 8. The summed E-state index contributed by atoms with van der Waals surface area (Å²) in [4.78, 5) is 40.2. The van der Waals surface area contributed by atoms with Crippen molar-refractivity contribution in [3.63, 3.8) is 0 Å². The Morgan fingerprint density at radius 2 is 1.68 bits per heavy atom. The third-order valence-corrected chi connectivity index (χ3v) is 7.49. The molecule has 2 aliphatic rings. The molecule has 0 aromatic heterocycles. The van der Waals surface area contributed by atoms with Gasteiger partial charge in [0.15, 0.2) is 0 Å². The number of alkyl halides is 3. The number of fused-ring (bicyclic) bond motifs is 3. The molecule has 1 aliphatic heterocycles. The first kappa shape index (κ1) is 27.4. The van der Waals surface area contributed by atoms with Gasteiger partial charge in [-0.2, -0.15) is 13.2 Å². The van der Waals surface area contributed by atoms with Crippen LogP contribution >= 0.6 is 0 Å². The lowest BCUT2D eigenvalue weighted by molar-refractivity contribution is -0.193. The zero-order valence-electron chi connectivity index (χ0n) is 22.1. The van der Waals surface area contributed by atoms with Crippen molar-refractivity contribution in [2.75, 3.05) is 13.1 Å². The highest BCUT2D eigenvalue weighted by Gasteiger charge is 2.47. The van der Waals surface area contributed by atoms with Gasteiger partial charge in [0, 0.05) is 12.1 Å². The summed E-state index contributed by atoms with van der Waals surface area (Å²) >= 11 is 0. The molecule has 3 aromatic carbocycles. The second kappa shape index (κ2) is 11.2. The molecule has 0 radical (unpaired) electrons. The first-order chi connectivity index (χ1) is 19.2. The summed E-state index contributed by atoms with van der Waals surface area (Å²) in [6, 6.07) is 20.2. The van der Waals surface area contributed by atoms with Gasteiger partial charge < -0.3 is 5.32 Å². The molecule has 2 atom stereocenters. The number of amides is 3. The predicted molar refractivity (Wildman–Crippen MR) is 144 cm³/mol. The Hall–Kier alpha value is -4.14. The Labute approximate surface area is 230 Å². The van der Waals surface area contributed by atoms with Crippen molar-refractivity contribution in [2.24, 2.45) is 0 Å². The lowest BCUT2D eigenvalue weighted by atomic mass is 9.90. The summed E-state index contributed by atoms with van der Waals surface area (Å²) in [6.45, 7) is 0.318. The average Bonchev–Trinajstić information content (AvgIpc) is 3.48. The van der Waals surface area contributed by atoms with Gasteiger partial charge in [0.25, 0.3) is 17.7 Å². The number of halogens is 3. The van der Waals surface area contributed by atoms with Crippen LogP contribution in [0, 0.1) is 0 Å². The molecule has 1 fully saturated rings. The van der Waals surface area contributed by atoms with Gasteiger partial charge >= 0.3 is 6.18 Å². The van der Waals surface area contributed by atoms with Gasteiger partial charge in [-0.25, -0.2) is 10.0 Å². The van der Waals surface area contributed by atoms with E-state index in [-0.39, 0.29) is 13.0 Å². The number of hydrazine groups is 1. The maximum atomic E-state index is 14.2. The summed E-state index contributed by atoms with van der Waals surface area (Å²) in [7, 11) is 0. The highest BCUT2D eigenvalue weighted by Crippen LogP contribution is 2.47. The lowest BCUT2D eigenvalue weighted by Gasteiger charge is -2.35. The number of carbonyl (C=O) groups excluding carboxylic acids is 3. The lowest BCUT2D eigenvalue weighted by Crippen LogP contribution is -2.54. The first-order valence-electron chi connectivity index (χ1n) is 13.5. The second-order valence-corrected chi connectivity index (χ2v) is 10.2. The van der Waals surface area contributed by atoms with Crippen LogP contribution < -0.4 is 5.32 Å². The number of aryl methyl sites for hydroxylation is 1. The fourth-order valence-electron chi connectivity index (χ4n) is 5.65. The summed E-state index contributed by atoms with van der Waals surface area (Å²) in [5.41, 5.74) is 4.21. The van der Waals surface area contributed by atoms with Crippen molar-refractivity contribution in [1.29, 1.82) is 0 Å². The Bertz CT molecular complexity index is 1420. The highest BCUT2D eigenvalue weighted by atomic mass is 19.4. The van der Waals surface area contributed by atoms with Crippen molar-refractivity contribution in [3.05, 3.63) is 95.1 Å². The van der Waals surface area contributed by atoms with E-state index < -0.39 is 42.4 Å². The molecule has 3 amide bonds. The zero-order chi connectivity index (χ0) is 28.4. The molecule has 0 spiro atoms. The topological polar surface area (TPSA) is 69.7 Å². The second-order valence-electron chi connectivity index (χ2n) is 10.2. The molecule has 1 N–H and O–H groups in total. The largest absolute Gasteiger partial charge is 0.408 e. The highest BCUT2D eigenvalue weighted by molar-refractivity contribution is 6.00. The fraction of sp³-hybridized carbons (Fsp3) is 0.323. The number of benzene rings is 3. The van der Waals surface area contributed by atoms with Crippen LogP contribution in [-0.4, -0.2) is 53.0 Å². The van der Waals surface area contributed by atoms with Crippen molar-refractivity contribution in [3.8, 4) is 11.1 Å². The van der Waals surface area contributed by atoms with E-state index in [1.807, 2.05) is 30.3 Å². The maximum Gasteiger partial charge on any atom is 0.408 e. The Morgan fingerprint density at radius 1 is 0.975 bits per heavy atom. The van der Waals surface area contributed by atoms with Crippen LogP contribution in [0.25, 0.3) is 11.1 Å². The van der Waals surface area contributed by atoms with Gasteiger partial charge in [0.05, 0.1) is 5.92 Å². The van der Waals surface area contributed by atoms with Crippen molar-refractivity contribution < 1.29 is 27.6 Å². The molecule has 208 valence electrons. The number of carbonyl (C=O) groups is 3. The van der Waals surface area contributed by atoms with E-state index in [1.54, 1.807) is 42.5 Å². The van der Waals surface area contributed by atoms with Gasteiger partial charge in [-0.3, -0.25) is 14.4 Å². The molecule has 2 unspecified atom stereocenters. The van der Waals surface area contributed by atoms with Crippen molar-refractivity contribution in [1.82, 2.24) is 15.3 Å². The maximum absolute atomic E-state index is 14.2. The smallest absolute Gasteiger partial charge is 0.340 e. The van der Waals surface area contributed by atoms with Gasteiger partial charge in [-0.1, -0.05) is 74.0 Å². The van der Waals surface area contributed by atoms with Gasteiger partial charge in [-0.05, 0) is 59.2 Å². The molecule has 3 aromatic rings. The fourth-order valence-corrected chi connectivity index (χ4v) is 5.65. The molecule has 5 rings (SSSR count). The summed E-state index contributed by atoms with van der Waals surface area (Å²) in [5.74, 6) is -3.04. The number of unbranched alkanes of at least 4 members (excludes halogenated alkanes) is 1. The zero-order valence-corrected chi connectivity index (χ0v) is 22.1. The monoisotopic (exact) mass is 549 g/mol. The van der Waals surface area contributed by atoms with E-state index in [2.05, 4.69) is 12.2 Å². The van der Waals surface area contributed by atoms with Gasteiger partial charge in [0.1, 0.15) is 12.6 Å². The van der Waals surface area contributed by atoms with Gasteiger partial charge in [-0.15, -0.1) is 0 Å². The minimum Gasteiger partial charge on any atom is -0.340 e. The minimum absolute atomic E-state index is 0.0820. The average molecular weight is 550 g/mol. The summed E-state index contributed by atoms with van der Waals surface area (Å²) < 4.78 is 41.7. The molecule has 6 nitrogen and oxygen atoms in total. The minimum atomic E-state index is -4.75. The van der Waals surface area contributed by atoms with Crippen LogP contribution in [0.4, 0.5) is 13.2 Å². The molecule has 1 saturated heterocycles. The van der Waals surface area contributed by atoms with E-state index in [0.717, 1.165) is 34.5 Å². The van der Waals surface area contributed by atoms with Gasteiger partial charge in [0.2, 0.25) is 0 Å². The van der Waals surface area contributed by atoms with E-state index in [4.69, 9.17) is 0 Å². The number of nitrogens with zero attached hydrogens (tertiary/aromatic N) is 2.